The molecule has 1 aromatic carbocycles. The lowest BCUT2D eigenvalue weighted by molar-refractivity contribution is -0.139. The van der Waals surface area contributed by atoms with E-state index in [1.165, 1.54) is 0 Å². The number of nitrogens with zero attached hydrogens (tertiary/aromatic N) is 1. The lowest BCUT2D eigenvalue weighted by atomic mass is 10.0. The summed E-state index contributed by atoms with van der Waals surface area (Å²) in [6.07, 6.45) is -4.55. The van der Waals surface area contributed by atoms with Crippen LogP contribution in [0.1, 0.15) is 16.7 Å². The third-order valence-electron chi connectivity index (χ3n) is 1.96. The molecule has 1 aromatic rings. The fourth-order valence-corrected chi connectivity index (χ4v) is 1.54. The van der Waals surface area contributed by atoms with Crippen molar-refractivity contribution in [3.8, 4) is 11.8 Å². The molecule has 0 bridgehead atoms. The Morgan fingerprint density at radius 2 is 2.06 bits per heavy atom. The van der Waals surface area contributed by atoms with E-state index in [1.807, 2.05) is 0 Å². The maximum absolute atomic E-state index is 12.7. The molecule has 0 fully saturated rings. The Bertz CT molecular complexity index is 412. The van der Waals surface area contributed by atoms with Crippen LogP contribution in [0.15, 0.2) is 12.1 Å². The van der Waals surface area contributed by atoms with E-state index in [-0.39, 0.29) is 22.8 Å². The van der Waals surface area contributed by atoms with Gasteiger partial charge in [0.2, 0.25) is 0 Å². The summed E-state index contributed by atoms with van der Waals surface area (Å²) in [5.41, 5.74) is -1.01. The van der Waals surface area contributed by atoms with Crippen LogP contribution in [0, 0.1) is 11.3 Å². The van der Waals surface area contributed by atoms with E-state index >= 15 is 0 Å². The zero-order valence-electron chi connectivity index (χ0n) is 8.23. The minimum Gasteiger partial charge on any atom is -0.496 e. The highest BCUT2D eigenvalue weighted by molar-refractivity contribution is 6.17. The van der Waals surface area contributed by atoms with Crippen molar-refractivity contribution < 1.29 is 17.9 Å². The third-order valence-corrected chi connectivity index (χ3v) is 2.25. The van der Waals surface area contributed by atoms with Crippen molar-refractivity contribution in [2.75, 3.05) is 7.11 Å². The zero-order chi connectivity index (χ0) is 12.3. The van der Waals surface area contributed by atoms with Gasteiger partial charge >= 0.3 is 6.18 Å². The maximum Gasteiger partial charge on any atom is 0.420 e. The molecular formula is C10H7ClF3NO. The molecular weight excluding hydrogens is 243 g/mol. The Hall–Kier alpha value is -1.41. The number of alkyl halides is 4. The molecule has 0 aliphatic carbocycles. The highest BCUT2D eigenvalue weighted by Gasteiger charge is 2.37. The molecule has 0 spiro atoms. The molecule has 6 heteroatoms. The second kappa shape index (κ2) is 4.62. The monoisotopic (exact) mass is 249 g/mol. The number of hydrogen-bond acceptors (Lipinski definition) is 2. The first kappa shape index (κ1) is 12.7. The Labute approximate surface area is 95.2 Å². The van der Waals surface area contributed by atoms with Crippen LogP contribution in [0.5, 0.6) is 5.75 Å². The maximum atomic E-state index is 12.7. The molecule has 0 amide bonds. The summed E-state index contributed by atoms with van der Waals surface area (Å²) < 4.78 is 42.7. The summed E-state index contributed by atoms with van der Waals surface area (Å²) in [6, 6.07) is 3.90. The Morgan fingerprint density at radius 3 is 2.44 bits per heavy atom. The number of methoxy groups -OCH3 is 1. The SMILES string of the molecule is COc1cc(C#N)cc(CCl)c1C(F)(F)F. The van der Waals surface area contributed by atoms with Gasteiger partial charge in [-0.1, -0.05) is 0 Å². The fraction of sp³-hybridized carbons (Fsp3) is 0.300. The normalized spacial score (nSPS) is 11.0. The lowest BCUT2D eigenvalue weighted by Gasteiger charge is -2.15. The summed E-state index contributed by atoms with van der Waals surface area (Å²) in [7, 11) is 1.11. The molecule has 86 valence electrons. The standard InChI is InChI=1S/C10H7ClF3NO/c1-16-8-3-6(5-15)2-7(4-11)9(8)10(12,13)14/h2-3H,4H2,1H3. The van der Waals surface area contributed by atoms with Gasteiger partial charge in [0.05, 0.1) is 18.7 Å². The van der Waals surface area contributed by atoms with E-state index in [9.17, 15) is 13.2 Å². The number of hydrogen-bond donors (Lipinski definition) is 0. The predicted molar refractivity (Wildman–Crippen MR) is 52.3 cm³/mol. The van der Waals surface area contributed by atoms with E-state index in [4.69, 9.17) is 16.9 Å². The van der Waals surface area contributed by atoms with Gasteiger partial charge in [-0.05, 0) is 17.7 Å². The van der Waals surface area contributed by atoms with Crippen molar-refractivity contribution in [2.45, 2.75) is 12.1 Å². The number of rotatable bonds is 2. The van der Waals surface area contributed by atoms with Gasteiger partial charge < -0.3 is 4.74 Å². The second-order valence-electron chi connectivity index (χ2n) is 2.96. The smallest absolute Gasteiger partial charge is 0.420 e. The molecule has 0 aliphatic heterocycles. The van der Waals surface area contributed by atoms with Crippen LogP contribution < -0.4 is 4.74 Å². The van der Waals surface area contributed by atoms with Crippen LogP contribution in [0.3, 0.4) is 0 Å². The molecule has 16 heavy (non-hydrogen) atoms. The molecule has 0 radical (unpaired) electrons. The molecule has 0 saturated carbocycles. The van der Waals surface area contributed by atoms with Gasteiger partial charge in [0.25, 0.3) is 0 Å². The van der Waals surface area contributed by atoms with Crippen LogP contribution in [-0.4, -0.2) is 7.11 Å². The minimum absolute atomic E-state index is 0.0838. The van der Waals surface area contributed by atoms with E-state index in [0.29, 0.717) is 0 Å². The highest BCUT2D eigenvalue weighted by atomic mass is 35.5. The molecule has 0 atom stereocenters. The van der Waals surface area contributed by atoms with Crippen LogP contribution in [0.2, 0.25) is 0 Å². The van der Waals surface area contributed by atoms with E-state index in [0.717, 1.165) is 19.2 Å². The molecule has 0 unspecified atom stereocenters. The first-order valence-corrected chi connectivity index (χ1v) is 4.71. The average Bonchev–Trinajstić information content (AvgIpc) is 2.25. The molecule has 2 nitrogen and oxygen atoms in total. The number of ether oxygens (including phenoxy) is 1. The van der Waals surface area contributed by atoms with Crippen LogP contribution in [-0.2, 0) is 12.1 Å². The zero-order valence-corrected chi connectivity index (χ0v) is 8.99. The number of benzene rings is 1. The molecule has 0 saturated heterocycles. The van der Waals surface area contributed by atoms with Crippen molar-refractivity contribution >= 4 is 11.6 Å². The number of nitriles is 1. The summed E-state index contributed by atoms with van der Waals surface area (Å²) in [5, 5.41) is 8.64. The van der Waals surface area contributed by atoms with E-state index < -0.39 is 11.7 Å². The van der Waals surface area contributed by atoms with Gasteiger partial charge in [-0.3, -0.25) is 0 Å². The third kappa shape index (κ3) is 2.39. The lowest BCUT2D eigenvalue weighted by Crippen LogP contribution is -2.11. The molecule has 1 rings (SSSR count). The van der Waals surface area contributed by atoms with Crippen molar-refractivity contribution in [2.24, 2.45) is 0 Å². The molecule has 0 heterocycles. The first-order chi connectivity index (χ1) is 7.43. The van der Waals surface area contributed by atoms with Gasteiger partial charge in [0.15, 0.2) is 0 Å². The van der Waals surface area contributed by atoms with Crippen LogP contribution >= 0.6 is 11.6 Å². The van der Waals surface area contributed by atoms with Crippen LogP contribution in [0.25, 0.3) is 0 Å². The van der Waals surface area contributed by atoms with Gasteiger partial charge in [-0.2, -0.15) is 18.4 Å². The van der Waals surface area contributed by atoms with Gasteiger partial charge in [-0.15, -0.1) is 11.6 Å². The summed E-state index contributed by atoms with van der Waals surface area (Å²) >= 11 is 5.43. The predicted octanol–water partition coefficient (Wildman–Crippen LogP) is 3.32. The number of halogens is 4. The molecule has 0 aliphatic rings. The van der Waals surface area contributed by atoms with Gasteiger partial charge in [-0.25, -0.2) is 0 Å². The summed E-state index contributed by atoms with van der Waals surface area (Å²) in [6.45, 7) is 0. The van der Waals surface area contributed by atoms with E-state index in [2.05, 4.69) is 4.74 Å². The summed E-state index contributed by atoms with van der Waals surface area (Å²) in [5.74, 6) is -0.719. The Morgan fingerprint density at radius 1 is 1.44 bits per heavy atom. The van der Waals surface area contributed by atoms with Gasteiger partial charge in [0.1, 0.15) is 11.3 Å². The highest BCUT2D eigenvalue weighted by Crippen LogP contribution is 2.39. The molecule has 0 aromatic heterocycles. The van der Waals surface area contributed by atoms with Crippen molar-refractivity contribution in [1.82, 2.24) is 0 Å². The van der Waals surface area contributed by atoms with Crippen molar-refractivity contribution in [3.63, 3.8) is 0 Å². The Balaban J connectivity index is 3.51. The first-order valence-electron chi connectivity index (χ1n) is 4.18. The summed E-state index contributed by atoms with van der Waals surface area (Å²) in [4.78, 5) is 0. The fourth-order valence-electron chi connectivity index (χ4n) is 1.33. The molecule has 0 N–H and O–H groups in total. The topological polar surface area (TPSA) is 33.0 Å². The van der Waals surface area contributed by atoms with Gasteiger partial charge in [0, 0.05) is 5.88 Å². The van der Waals surface area contributed by atoms with Crippen molar-refractivity contribution in [1.29, 1.82) is 5.26 Å². The second-order valence-corrected chi connectivity index (χ2v) is 3.22. The Kier molecular flexibility index (Phi) is 3.66. The van der Waals surface area contributed by atoms with Crippen molar-refractivity contribution in [3.05, 3.63) is 28.8 Å². The minimum atomic E-state index is -4.55. The largest absolute Gasteiger partial charge is 0.496 e. The quantitative estimate of drug-likeness (QED) is 0.753. The average molecular weight is 250 g/mol. The van der Waals surface area contributed by atoms with E-state index in [1.54, 1.807) is 6.07 Å². The van der Waals surface area contributed by atoms with Crippen LogP contribution in [0.4, 0.5) is 13.2 Å².